The molecule has 0 aromatic carbocycles. The first-order valence-electron chi connectivity index (χ1n) is 5.79. The van der Waals surface area contributed by atoms with Crippen LogP contribution in [0.5, 0.6) is 0 Å². The Bertz CT molecular complexity index is 365. The number of pyridine rings is 1. The Morgan fingerprint density at radius 2 is 2.29 bits per heavy atom. The quantitative estimate of drug-likeness (QED) is 0.694. The molecule has 0 aliphatic rings. The molecule has 5 heteroatoms. The van der Waals surface area contributed by atoms with Crippen LogP contribution in [0, 0.1) is 5.92 Å². The zero-order valence-electron chi connectivity index (χ0n) is 10.4. The first kappa shape index (κ1) is 13.3. The van der Waals surface area contributed by atoms with Gasteiger partial charge in [-0.15, -0.1) is 0 Å². The minimum atomic E-state index is 0.0545. The average Bonchev–Trinajstić information content (AvgIpc) is 2.29. The van der Waals surface area contributed by atoms with Crippen molar-refractivity contribution in [2.24, 2.45) is 5.92 Å². The van der Waals surface area contributed by atoms with Crippen LogP contribution in [0.25, 0.3) is 0 Å². The van der Waals surface area contributed by atoms with Crippen LogP contribution in [0.1, 0.15) is 20.3 Å². The number of carbonyl (C=O) groups is 1. The molecule has 17 heavy (non-hydrogen) atoms. The number of nitrogen functional groups attached to an aromatic ring is 1. The average molecular weight is 236 g/mol. The van der Waals surface area contributed by atoms with E-state index in [0.29, 0.717) is 24.6 Å². The topological polar surface area (TPSA) is 80.0 Å². The van der Waals surface area contributed by atoms with Gasteiger partial charge in [0.1, 0.15) is 0 Å². The van der Waals surface area contributed by atoms with E-state index < -0.39 is 0 Å². The second kappa shape index (κ2) is 6.73. The molecule has 1 rings (SSSR count). The molecule has 1 aromatic heterocycles. The Balaban J connectivity index is 2.24. The molecule has 94 valence electrons. The Labute approximate surface area is 102 Å². The third-order valence-electron chi connectivity index (χ3n) is 2.23. The van der Waals surface area contributed by atoms with Crippen molar-refractivity contribution in [3.8, 4) is 0 Å². The summed E-state index contributed by atoms with van der Waals surface area (Å²) in [6.45, 7) is 5.42. The SMILES string of the molecule is CC(C)CNC(=O)CCNc1ccncc1N. The van der Waals surface area contributed by atoms with Crippen LogP contribution in [0.3, 0.4) is 0 Å². The number of aromatic nitrogens is 1. The predicted octanol–water partition coefficient (Wildman–Crippen LogP) is 1.24. The predicted molar refractivity (Wildman–Crippen MR) is 69.6 cm³/mol. The number of hydrogen-bond donors (Lipinski definition) is 3. The maximum Gasteiger partial charge on any atom is 0.221 e. The van der Waals surface area contributed by atoms with E-state index in [4.69, 9.17) is 5.73 Å². The molecule has 1 amide bonds. The van der Waals surface area contributed by atoms with Crippen molar-refractivity contribution in [2.75, 3.05) is 24.1 Å². The number of amides is 1. The highest BCUT2D eigenvalue weighted by atomic mass is 16.1. The van der Waals surface area contributed by atoms with Crippen molar-refractivity contribution in [2.45, 2.75) is 20.3 Å². The van der Waals surface area contributed by atoms with Crippen LogP contribution in [0.15, 0.2) is 18.5 Å². The van der Waals surface area contributed by atoms with E-state index in [9.17, 15) is 4.79 Å². The van der Waals surface area contributed by atoms with E-state index in [-0.39, 0.29) is 5.91 Å². The van der Waals surface area contributed by atoms with Crippen LogP contribution in [0.2, 0.25) is 0 Å². The van der Waals surface area contributed by atoms with E-state index in [1.807, 2.05) is 0 Å². The number of anilines is 2. The van der Waals surface area contributed by atoms with Gasteiger partial charge in [0.2, 0.25) is 5.91 Å². The van der Waals surface area contributed by atoms with E-state index >= 15 is 0 Å². The molecule has 0 saturated carbocycles. The van der Waals surface area contributed by atoms with Crippen molar-refractivity contribution < 1.29 is 4.79 Å². The van der Waals surface area contributed by atoms with Crippen LogP contribution in [-0.2, 0) is 4.79 Å². The lowest BCUT2D eigenvalue weighted by atomic mass is 10.2. The molecule has 1 aromatic rings. The monoisotopic (exact) mass is 236 g/mol. The van der Waals surface area contributed by atoms with Crippen molar-refractivity contribution >= 4 is 17.3 Å². The summed E-state index contributed by atoms with van der Waals surface area (Å²) in [6, 6.07) is 1.79. The van der Waals surface area contributed by atoms with Gasteiger partial charge in [-0.25, -0.2) is 0 Å². The number of nitrogens with zero attached hydrogens (tertiary/aromatic N) is 1. The zero-order valence-corrected chi connectivity index (χ0v) is 10.4. The summed E-state index contributed by atoms with van der Waals surface area (Å²) in [5.74, 6) is 0.529. The van der Waals surface area contributed by atoms with Crippen molar-refractivity contribution in [1.82, 2.24) is 10.3 Å². The molecule has 4 N–H and O–H groups in total. The molecule has 0 spiro atoms. The van der Waals surface area contributed by atoms with Crippen LogP contribution >= 0.6 is 0 Å². The summed E-state index contributed by atoms with van der Waals surface area (Å²) in [5, 5.41) is 5.97. The molecular weight excluding hydrogens is 216 g/mol. The molecule has 0 fully saturated rings. The highest BCUT2D eigenvalue weighted by Gasteiger charge is 2.02. The fourth-order valence-corrected chi connectivity index (χ4v) is 1.28. The Morgan fingerprint density at radius 1 is 1.53 bits per heavy atom. The molecule has 0 aliphatic heterocycles. The summed E-state index contributed by atoms with van der Waals surface area (Å²) >= 11 is 0. The number of hydrogen-bond acceptors (Lipinski definition) is 4. The molecule has 0 atom stereocenters. The first-order valence-corrected chi connectivity index (χ1v) is 5.79. The number of carbonyl (C=O) groups excluding carboxylic acids is 1. The van der Waals surface area contributed by atoms with E-state index in [1.54, 1.807) is 18.5 Å². The summed E-state index contributed by atoms with van der Waals surface area (Å²) in [5.41, 5.74) is 7.12. The highest BCUT2D eigenvalue weighted by molar-refractivity contribution is 5.76. The van der Waals surface area contributed by atoms with Gasteiger partial charge >= 0.3 is 0 Å². The molecule has 0 bridgehead atoms. The lowest BCUT2D eigenvalue weighted by Crippen LogP contribution is -2.28. The Kier molecular flexibility index (Phi) is 5.26. The van der Waals surface area contributed by atoms with Gasteiger partial charge in [-0.3, -0.25) is 9.78 Å². The van der Waals surface area contributed by atoms with Crippen LogP contribution in [-0.4, -0.2) is 24.0 Å². The van der Waals surface area contributed by atoms with Gasteiger partial charge in [0.05, 0.1) is 17.6 Å². The summed E-state index contributed by atoms with van der Waals surface area (Å²) in [4.78, 5) is 15.3. The van der Waals surface area contributed by atoms with Crippen LogP contribution in [0.4, 0.5) is 11.4 Å². The number of rotatable bonds is 6. The second-order valence-electron chi connectivity index (χ2n) is 4.34. The van der Waals surface area contributed by atoms with E-state index in [1.165, 1.54) is 0 Å². The summed E-state index contributed by atoms with van der Waals surface area (Å²) in [7, 11) is 0. The Hall–Kier alpha value is -1.78. The van der Waals surface area contributed by atoms with Gasteiger partial charge in [0.25, 0.3) is 0 Å². The molecule has 0 saturated heterocycles. The second-order valence-corrected chi connectivity index (χ2v) is 4.34. The van der Waals surface area contributed by atoms with Gasteiger partial charge in [0.15, 0.2) is 0 Å². The first-order chi connectivity index (χ1) is 8.09. The molecule has 0 radical (unpaired) electrons. The lowest BCUT2D eigenvalue weighted by molar-refractivity contribution is -0.120. The van der Waals surface area contributed by atoms with Gasteiger partial charge in [-0.05, 0) is 12.0 Å². The smallest absolute Gasteiger partial charge is 0.221 e. The summed E-state index contributed by atoms with van der Waals surface area (Å²) < 4.78 is 0. The van der Waals surface area contributed by atoms with Crippen molar-refractivity contribution in [3.63, 3.8) is 0 Å². The largest absolute Gasteiger partial charge is 0.396 e. The van der Waals surface area contributed by atoms with Crippen LogP contribution < -0.4 is 16.4 Å². The summed E-state index contributed by atoms with van der Waals surface area (Å²) in [6.07, 6.45) is 3.69. The number of nitrogens with two attached hydrogens (primary N) is 1. The fraction of sp³-hybridized carbons (Fsp3) is 0.500. The van der Waals surface area contributed by atoms with E-state index in [2.05, 4.69) is 29.5 Å². The maximum atomic E-state index is 11.4. The molecular formula is C12H20N4O. The van der Waals surface area contributed by atoms with E-state index in [0.717, 1.165) is 12.2 Å². The van der Waals surface area contributed by atoms with Gasteiger partial charge in [0, 0.05) is 25.7 Å². The third-order valence-corrected chi connectivity index (χ3v) is 2.23. The molecule has 0 aliphatic carbocycles. The lowest BCUT2D eigenvalue weighted by Gasteiger charge is -2.10. The van der Waals surface area contributed by atoms with Gasteiger partial charge in [-0.2, -0.15) is 0 Å². The zero-order chi connectivity index (χ0) is 12.7. The number of nitrogens with one attached hydrogen (secondary N) is 2. The van der Waals surface area contributed by atoms with Gasteiger partial charge in [-0.1, -0.05) is 13.8 Å². The maximum absolute atomic E-state index is 11.4. The third kappa shape index (κ3) is 5.19. The standard InChI is InChI=1S/C12H20N4O/c1-9(2)7-16-12(17)4-6-15-11-3-5-14-8-10(11)13/h3,5,8-9H,4,6-7,13H2,1-2H3,(H,14,15)(H,16,17). The minimum Gasteiger partial charge on any atom is -0.396 e. The van der Waals surface area contributed by atoms with Gasteiger partial charge < -0.3 is 16.4 Å². The molecule has 0 unspecified atom stereocenters. The fourth-order valence-electron chi connectivity index (χ4n) is 1.28. The van der Waals surface area contributed by atoms with Crippen molar-refractivity contribution in [1.29, 1.82) is 0 Å². The normalized spacial score (nSPS) is 10.3. The molecule has 1 heterocycles. The highest BCUT2D eigenvalue weighted by Crippen LogP contribution is 2.14. The minimum absolute atomic E-state index is 0.0545. The van der Waals surface area contributed by atoms with Crippen molar-refractivity contribution in [3.05, 3.63) is 18.5 Å². The Morgan fingerprint density at radius 3 is 2.94 bits per heavy atom. The molecule has 5 nitrogen and oxygen atoms in total.